The SMILES string of the molecule is C[C@]12CC[C@H]3[C@@H](CC=C4CC(O)CC[C@@]43C)[C@@H]1CC[C@@H]2C1=CSC2N=CN(N)C(=O)C12. The molecule has 6 aliphatic rings. The molecule has 2 aliphatic heterocycles. The van der Waals surface area contributed by atoms with E-state index in [9.17, 15) is 9.90 Å². The first-order chi connectivity index (χ1) is 14.8. The van der Waals surface area contributed by atoms with E-state index in [2.05, 4.69) is 30.3 Å². The van der Waals surface area contributed by atoms with Crippen molar-refractivity contribution < 1.29 is 9.90 Å². The molecule has 1 amide bonds. The molecule has 0 aromatic rings. The summed E-state index contributed by atoms with van der Waals surface area (Å²) >= 11 is 1.71. The van der Waals surface area contributed by atoms with E-state index in [1.165, 1.54) is 54.6 Å². The third-order valence-corrected chi connectivity index (χ3v) is 11.4. The molecule has 0 aromatic heterocycles. The number of aliphatic imine (C=N–C) groups is 1. The standard InChI is InChI=1S/C25H35N3O2S/c1-24-9-7-15(29)11-14(24)3-4-16-18-5-6-19(25(18,2)10-8-20(16)24)17-12-31-22-21(17)23(30)28(26)13-27-22/h3,12-13,15-16,18-22,29H,4-11,26H2,1-2H3/t15?,16-,18-,19+,20-,21?,22?,24-,25-/m0/s1. The Morgan fingerprint density at radius 3 is 2.87 bits per heavy atom. The van der Waals surface area contributed by atoms with E-state index in [0.717, 1.165) is 37.0 Å². The minimum absolute atomic E-state index is 0.00972. The smallest absolute Gasteiger partial charge is 0.252 e. The summed E-state index contributed by atoms with van der Waals surface area (Å²) in [5.74, 6) is 8.42. The highest BCUT2D eigenvalue weighted by Crippen LogP contribution is 2.68. The molecule has 5 nitrogen and oxygen atoms in total. The van der Waals surface area contributed by atoms with Crippen LogP contribution >= 0.6 is 11.8 Å². The van der Waals surface area contributed by atoms with Gasteiger partial charge in [0.05, 0.1) is 12.0 Å². The van der Waals surface area contributed by atoms with Crippen LogP contribution in [0.5, 0.6) is 0 Å². The van der Waals surface area contributed by atoms with Crippen molar-refractivity contribution in [2.45, 2.75) is 76.7 Å². The largest absolute Gasteiger partial charge is 0.393 e. The van der Waals surface area contributed by atoms with E-state index in [4.69, 9.17) is 5.84 Å². The van der Waals surface area contributed by atoms with Gasteiger partial charge in [-0.25, -0.2) is 10.9 Å². The summed E-state index contributed by atoms with van der Waals surface area (Å²) in [5, 5.41) is 13.7. The third-order valence-electron chi connectivity index (χ3n) is 10.3. The highest BCUT2D eigenvalue weighted by atomic mass is 32.2. The highest BCUT2D eigenvalue weighted by Gasteiger charge is 2.60. The number of fused-ring (bicyclic) bond motifs is 6. The number of amides is 1. The summed E-state index contributed by atoms with van der Waals surface area (Å²) in [5.41, 5.74) is 3.40. The van der Waals surface area contributed by atoms with Crippen molar-refractivity contribution in [3.63, 3.8) is 0 Å². The van der Waals surface area contributed by atoms with Gasteiger partial charge in [-0.3, -0.25) is 9.79 Å². The molecule has 0 radical (unpaired) electrons. The Hall–Kier alpha value is -1.11. The molecule has 6 rings (SSSR count). The number of aliphatic hydroxyl groups excluding tert-OH is 1. The molecule has 31 heavy (non-hydrogen) atoms. The second kappa shape index (κ2) is 6.94. The number of carbonyl (C=O) groups excluding carboxylic acids is 1. The first-order valence-corrected chi connectivity index (χ1v) is 13.1. The van der Waals surface area contributed by atoms with Crippen molar-refractivity contribution in [3.05, 3.63) is 22.6 Å². The maximum absolute atomic E-state index is 12.9. The molecule has 3 N–H and O–H groups in total. The highest BCUT2D eigenvalue weighted by molar-refractivity contribution is 8.03. The zero-order chi connectivity index (χ0) is 21.5. The lowest BCUT2D eigenvalue weighted by atomic mass is 9.47. The maximum atomic E-state index is 12.9. The summed E-state index contributed by atoms with van der Waals surface area (Å²) in [4.78, 5) is 17.5. The molecule has 168 valence electrons. The van der Waals surface area contributed by atoms with Gasteiger partial charge < -0.3 is 5.11 Å². The van der Waals surface area contributed by atoms with Crippen molar-refractivity contribution in [2.24, 2.45) is 51.3 Å². The van der Waals surface area contributed by atoms with E-state index >= 15 is 0 Å². The van der Waals surface area contributed by atoms with Crippen LogP contribution in [0.4, 0.5) is 0 Å². The first kappa shape index (κ1) is 20.5. The van der Waals surface area contributed by atoms with Gasteiger partial charge in [0.2, 0.25) is 0 Å². The Morgan fingerprint density at radius 2 is 2.03 bits per heavy atom. The minimum atomic E-state index is -0.173. The van der Waals surface area contributed by atoms with Gasteiger partial charge in [-0.05, 0) is 96.8 Å². The second-order valence-electron chi connectivity index (χ2n) is 11.5. The van der Waals surface area contributed by atoms with E-state index in [0.29, 0.717) is 5.92 Å². The summed E-state index contributed by atoms with van der Waals surface area (Å²) in [6, 6.07) is 0. The van der Waals surface area contributed by atoms with Crippen LogP contribution in [0.25, 0.3) is 0 Å². The average Bonchev–Trinajstić information content (AvgIpc) is 3.32. The van der Waals surface area contributed by atoms with Gasteiger partial charge in [0, 0.05) is 0 Å². The molecule has 4 aliphatic carbocycles. The minimum Gasteiger partial charge on any atom is -0.393 e. The fraction of sp³-hybridized carbons (Fsp3) is 0.760. The van der Waals surface area contributed by atoms with E-state index in [1.807, 2.05) is 0 Å². The molecule has 6 heteroatoms. The molecular weight excluding hydrogens is 406 g/mol. The Labute approximate surface area is 189 Å². The lowest BCUT2D eigenvalue weighted by Crippen LogP contribution is -2.51. The van der Waals surface area contributed by atoms with Gasteiger partial charge in [-0.1, -0.05) is 25.5 Å². The molecule has 9 atom stereocenters. The lowest BCUT2D eigenvalue weighted by Gasteiger charge is -2.58. The predicted octanol–water partition coefficient (Wildman–Crippen LogP) is 4.24. The van der Waals surface area contributed by atoms with Crippen molar-refractivity contribution in [2.75, 3.05) is 0 Å². The van der Waals surface area contributed by atoms with Crippen molar-refractivity contribution >= 4 is 24.0 Å². The number of hydrogen-bond acceptors (Lipinski definition) is 5. The molecule has 3 saturated carbocycles. The quantitative estimate of drug-likeness (QED) is 0.362. The van der Waals surface area contributed by atoms with Gasteiger partial charge in [-0.15, -0.1) is 11.8 Å². The fourth-order valence-electron chi connectivity index (χ4n) is 8.69. The van der Waals surface area contributed by atoms with Crippen LogP contribution in [0.15, 0.2) is 27.6 Å². The molecule has 0 aromatic carbocycles. The van der Waals surface area contributed by atoms with Gasteiger partial charge in [0.1, 0.15) is 11.7 Å². The Bertz CT molecular complexity index is 899. The summed E-state index contributed by atoms with van der Waals surface area (Å²) in [7, 11) is 0. The van der Waals surface area contributed by atoms with Crippen molar-refractivity contribution in [1.82, 2.24) is 5.01 Å². The summed E-state index contributed by atoms with van der Waals surface area (Å²) < 4.78 is 0. The Morgan fingerprint density at radius 1 is 1.19 bits per heavy atom. The van der Waals surface area contributed by atoms with E-state index in [-0.39, 0.29) is 34.1 Å². The maximum Gasteiger partial charge on any atom is 0.252 e. The molecular formula is C25H35N3O2S. The zero-order valence-electron chi connectivity index (χ0n) is 18.7. The van der Waals surface area contributed by atoms with Crippen molar-refractivity contribution in [3.8, 4) is 0 Å². The number of hydrogen-bond donors (Lipinski definition) is 2. The molecule has 0 bridgehead atoms. The summed E-state index contributed by atoms with van der Waals surface area (Å²) in [6.45, 7) is 5.01. The second-order valence-corrected chi connectivity index (χ2v) is 12.5. The molecule has 2 heterocycles. The van der Waals surface area contributed by atoms with Crippen LogP contribution < -0.4 is 5.84 Å². The Balaban J connectivity index is 1.29. The van der Waals surface area contributed by atoms with Gasteiger partial charge in [-0.2, -0.15) is 0 Å². The Kier molecular flexibility index (Phi) is 4.59. The molecule has 3 fully saturated rings. The van der Waals surface area contributed by atoms with Crippen LogP contribution in [0.2, 0.25) is 0 Å². The van der Waals surface area contributed by atoms with Gasteiger partial charge in [0.15, 0.2) is 0 Å². The molecule has 3 unspecified atom stereocenters. The number of thioether (sulfide) groups is 1. The predicted molar refractivity (Wildman–Crippen MR) is 124 cm³/mol. The van der Waals surface area contributed by atoms with Gasteiger partial charge >= 0.3 is 0 Å². The van der Waals surface area contributed by atoms with E-state index in [1.54, 1.807) is 11.8 Å². The number of nitrogens with two attached hydrogens (primary N) is 1. The van der Waals surface area contributed by atoms with Gasteiger partial charge in [0.25, 0.3) is 5.91 Å². The zero-order valence-corrected chi connectivity index (χ0v) is 19.5. The number of hydrazine groups is 1. The fourth-order valence-corrected chi connectivity index (χ4v) is 9.86. The molecule has 0 spiro atoms. The number of nitrogens with zero attached hydrogens (tertiary/aromatic N) is 2. The number of aliphatic hydroxyl groups is 1. The number of allylic oxidation sites excluding steroid dienone is 1. The average molecular weight is 442 g/mol. The van der Waals surface area contributed by atoms with Crippen LogP contribution in [0.3, 0.4) is 0 Å². The van der Waals surface area contributed by atoms with Crippen molar-refractivity contribution in [1.29, 1.82) is 0 Å². The summed E-state index contributed by atoms with van der Waals surface area (Å²) in [6.07, 6.45) is 13.0. The third kappa shape index (κ3) is 2.77. The normalized spacial score (nSPS) is 50.9. The number of carbonyl (C=O) groups is 1. The van der Waals surface area contributed by atoms with Crippen LogP contribution in [0.1, 0.15) is 65.2 Å². The lowest BCUT2D eigenvalue weighted by molar-refractivity contribution is -0.131. The van der Waals surface area contributed by atoms with Crippen LogP contribution in [-0.2, 0) is 4.79 Å². The van der Waals surface area contributed by atoms with E-state index < -0.39 is 0 Å². The number of rotatable bonds is 1. The monoisotopic (exact) mass is 441 g/mol. The first-order valence-electron chi connectivity index (χ1n) is 12.2. The topological polar surface area (TPSA) is 78.9 Å². The van der Waals surface area contributed by atoms with Crippen LogP contribution in [-0.4, -0.2) is 33.8 Å². The molecule has 0 saturated heterocycles. The van der Waals surface area contributed by atoms with Crippen LogP contribution in [0, 0.1) is 40.4 Å².